The summed E-state index contributed by atoms with van der Waals surface area (Å²) in [4.78, 5) is 4.13. The van der Waals surface area contributed by atoms with Gasteiger partial charge in [-0.15, -0.1) is 10.2 Å². The van der Waals surface area contributed by atoms with Crippen LogP contribution in [-0.2, 0) is 6.54 Å². The van der Waals surface area contributed by atoms with Crippen LogP contribution in [0, 0.1) is 0 Å². The van der Waals surface area contributed by atoms with Gasteiger partial charge in [0.25, 0.3) is 0 Å². The number of hydrogen-bond acceptors (Lipinski definition) is 6. The molecule has 2 heterocycles. The van der Waals surface area contributed by atoms with Gasteiger partial charge >= 0.3 is 0 Å². The third-order valence-corrected chi connectivity index (χ3v) is 1.79. The Morgan fingerprint density at radius 2 is 2.47 bits per heavy atom. The smallest absolute Gasteiger partial charge is 0.193 e. The first-order valence-electron chi connectivity index (χ1n) is 4.35. The maximum absolute atomic E-state index is 5.13. The van der Waals surface area contributed by atoms with Gasteiger partial charge in [0, 0.05) is 6.20 Å². The Labute approximate surface area is 85.9 Å². The fraction of sp³-hybridized carbons (Fsp3) is 0.250. The molecule has 78 valence electrons. The Balaban J connectivity index is 2.04. The first-order chi connectivity index (χ1) is 7.40. The molecule has 2 aromatic heterocycles. The summed E-state index contributed by atoms with van der Waals surface area (Å²) in [6.45, 7) is 0.448. The number of rotatable bonds is 4. The molecule has 0 radical (unpaired) electrons. The molecule has 0 spiro atoms. The quantitative estimate of drug-likeness (QED) is 0.743. The number of nitrogens with one attached hydrogen (secondary N) is 2. The monoisotopic (exact) mass is 206 g/mol. The molecule has 0 atom stereocenters. The number of hydrogen-bond donors (Lipinski definition) is 2. The van der Waals surface area contributed by atoms with E-state index >= 15 is 0 Å². The van der Waals surface area contributed by atoms with Gasteiger partial charge in [-0.2, -0.15) is 5.21 Å². The molecule has 15 heavy (non-hydrogen) atoms. The van der Waals surface area contributed by atoms with Crippen molar-refractivity contribution in [3.63, 3.8) is 0 Å². The maximum Gasteiger partial charge on any atom is 0.193 e. The molecule has 2 N–H and O–H groups in total. The standard InChI is InChI=1S/C8H10N6O/c1-15-6-3-2-4-9-8(6)10-5-7-11-13-14-12-7/h2-4H,5H2,1H3,(H,9,10)(H,11,12,13,14). The zero-order chi connectivity index (χ0) is 10.5. The minimum atomic E-state index is 0.448. The molecule has 2 rings (SSSR count). The van der Waals surface area contributed by atoms with Gasteiger partial charge in [-0.05, 0) is 12.1 Å². The van der Waals surface area contributed by atoms with Crippen molar-refractivity contribution in [2.45, 2.75) is 6.54 Å². The van der Waals surface area contributed by atoms with Crippen LogP contribution < -0.4 is 10.1 Å². The zero-order valence-corrected chi connectivity index (χ0v) is 8.14. The summed E-state index contributed by atoms with van der Waals surface area (Å²) in [7, 11) is 1.59. The maximum atomic E-state index is 5.13. The number of pyridine rings is 1. The molecule has 0 aliphatic rings. The highest BCUT2D eigenvalue weighted by Crippen LogP contribution is 2.19. The van der Waals surface area contributed by atoms with Crippen molar-refractivity contribution in [2.75, 3.05) is 12.4 Å². The van der Waals surface area contributed by atoms with E-state index in [2.05, 4.69) is 30.9 Å². The molecule has 0 fully saturated rings. The highest BCUT2D eigenvalue weighted by Gasteiger charge is 2.03. The molecule has 2 aromatic rings. The van der Waals surface area contributed by atoms with Crippen LogP contribution in [0.3, 0.4) is 0 Å². The summed E-state index contributed by atoms with van der Waals surface area (Å²) in [5, 5.41) is 16.5. The summed E-state index contributed by atoms with van der Waals surface area (Å²) in [6, 6.07) is 3.63. The van der Waals surface area contributed by atoms with Crippen molar-refractivity contribution in [3.8, 4) is 5.75 Å². The highest BCUT2D eigenvalue weighted by molar-refractivity contribution is 5.49. The third kappa shape index (κ3) is 2.19. The number of nitrogens with zero attached hydrogens (tertiary/aromatic N) is 4. The van der Waals surface area contributed by atoms with Crippen LogP contribution in [0.25, 0.3) is 0 Å². The van der Waals surface area contributed by atoms with Gasteiger partial charge in [0.1, 0.15) is 0 Å². The molecule has 0 aliphatic heterocycles. The lowest BCUT2D eigenvalue weighted by Gasteiger charge is -2.07. The predicted molar refractivity (Wildman–Crippen MR) is 52.3 cm³/mol. The van der Waals surface area contributed by atoms with E-state index < -0.39 is 0 Å². The molecule has 0 aliphatic carbocycles. The average molecular weight is 206 g/mol. The molecule has 7 heteroatoms. The molecule has 0 bridgehead atoms. The highest BCUT2D eigenvalue weighted by atomic mass is 16.5. The first kappa shape index (κ1) is 9.38. The van der Waals surface area contributed by atoms with E-state index in [1.54, 1.807) is 19.4 Å². The van der Waals surface area contributed by atoms with Crippen LogP contribution >= 0.6 is 0 Å². The Morgan fingerprint density at radius 3 is 3.20 bits per heavy atom. The Kier molecular flexibility index (Phi) is 2.72. The predicted octanol–water partition coefficient (Wildman–Crippen LogP) is 0.215. The lowest BCUT2D eigenvalue weighted by Crippen LogP contribution is -2.04. The van der Waals surface area contributed by atoms with Crippen LogP contribution in [-0.4, -0.2) is 32.7 Å². The second kappa shape index (κ2) is 4.36. The number of methoxy groups -OCH3 is 1. The molecule has 0 unspecified atom stereocenters. The van der Waals surface area contributed by atoms with Crippen LogP contribution in [0.1, 0.15) is 5.82 Å². The van der Waals surface area contributed by atoms with Gasteiger partial charge in [-0.25, -0.2) is 4.98 Å². The number of tetrazole rings is 1. The van der Waals surface area contributed by atoms with Crippen molar-refractivity contribution < 1.29 is 4.74 Å². The van der Waals surface area contributed by atoms with E-state index in [0.717, 1.165) is 0 Å². The number of aromatic amines is 1. The lowest BCUT2D eigenvalue weighted by molar-refractivity contribution is 0.414. The number of H-pyrrole nitrogens is 1. The van der Waals surface area contributed by atoms with Crippen molar-refractivity contribution in [3.05, 3.63) is 24.2 Å². The summed E-state index contributed by atoms with van der Waals surface area (Å²) < 4.78 is 5.13. The minimum Gasteiger partial charge on any atom is -0.493 e. The lowest BCUT2D eigenvalue weighted by atomic mass is 10.4. The minimum absolute atomic E-state index is 0.448. The van der Waals surface area contributed by atoms with Gasteiger partial charge in [-0.3, -0.25) is 0 Å². The topological polar surface area (TPSA) is 88.6 Å². The Bertz CT molecular complexity index is 415. The van der Waals surface area contributed by atoms with Crippen LogP contribution in [0.5, 0.6) is 5.75 Å². The van der Waals surface area contributed by atoms with E-state index in [-0.39, 0.29) is 0 Å². The number of aromatic nitrogens is 5. The molecular formula is C8H10N6O. The first-order valence-corrected chi connectivity index (χ1v) is 4.35. The van der Waals surface area contributed by atoms with Crippen molar-refractivity contribution in [1.82, 2.24) is 25.6 Å². The Morgan fingerprint density at radius 1 is 1.53 bits per heavy atom. The molecule has 0 saturated heterocycles. The van der Waals surface area contributed by atoms with Crippen molar-refractivity contribution in [1.29, 1.82) is 0 Å². The van der Waals surface area contributed by atoms with Gasteiger partial charge < -0.3 is 10.1 Å². The summed E-state index contributed by atoms with van der Waals surface area (Å²) in [6.07, 6.45) is 1.68. The van der Waals surface area contributed by atoms with Gasteiger partial charge in [0.05, 0.1) is 13.7 Å². The fourth-order valence-electron chi connectivity index (χ4n) is 1.11. The summed E-state index contributed by atoms with van der Waals surface area (Å²) in [5.74, 6) is 1.91. The zero-order valence-electron chi connectivity index (χ0n) is 8.14. The molecular weight excluding hydrogens is 196 g/mol. The average Bonchev–Trinajstić information content (AvgIpc) is 2.79. The molecule has 7 nitrogen and oxygen atoms in total. The van der Waals surface area contributed by atoms with Crippen LogP contribution in [0.15, 0.2) is 18.3 Å². The van der Waals surface area contributed by atoms with E-state index in [0.29, 0.717) is 23.9 Å². The largest absolute Gasteiger partial charge is 0.493 e. The van der Waals surface area contributed by atoms with Crippen LogP contribution in [0.4, 0.5) is 5.82 Å². The van der Waals surface area contributed by atoms with Crippen molar-refractivity contribution >= 4 is 5.82 Å². The second-order valence-corrected chi connectivity index (χ2v) is 2.74. The Hall–Kier alpha value is -2.18. The third-order valence-electron chi connectivity index (χ3n) is 1.79. The summed E-state index contributed by atoms with van der Waals surface area (Å²) in [5.41, 5.74) is 0. The fourth-order valence-corrected chi connectivity index (χ4v) is 1.11. The normalized spacial score (nSPS) is 9.93. The molecule has 0 saturated carbocycles. The summed E-state index contributed by atoms with van der Waals surface area (Å²) >= 11 is 0. The number of ether oxygens (including phenoxy) is 1. The van der Waals surface area contributed by atoms with Crippen LogP contribution in [0.2, 0.25) is 0 Å². The van der Waals surface area contributed by atoms with E-state index in [1.165, 1.54) is 0 Å². The van der Waals surface area contributed by atoms with Gasteiger partial charge in [0.15, 0.2) is 17.4 Å². The number of anilines is 1. The van der Waals surface area contributed by atoms with E-state index in [9.17, 15) is 0 Å². The van der Waals surface area contributed by atoms with Crippen molar-refractivity contribution in [2.24, 2.45) is 0 Å². The van der Waals surface area contributed by atoms with Gasteiger partial charge in [0.2, 0.25) is 0 Å². The second-order valence-electron chi connectivity index (χ2n) is 2.74. The van der Waals surface area contributed by atoms with Gasteiger partial charge in [-0.1, -0.05) is 5.21 Å². The molecule has 0 amide bonds. The van der Waals surface area contributed by atoms with E-state index in [1.807, 2.05) is 6.07 Å². The SMILES string of the molecule is COc1cccnc1NCc1nn[nH]n1. The van der Waals surface area contributed by atoms with E-state index in [4.69, 9.17) is 4.74 Å². The molecule has 0 aromatic carbocycles.